The number of nitrogens with zero attached hydrogens (tertiary/aromatic N) is 3. The molecule has 94 valence electrons. The molecule has 5 nitrogen and oxygen atoms in total. The molecule has 3 heterocycles. The second-order valence-corrected chi connectivity index (χ2v) is 4.82. The maximum absolute atomic E-state index is 5.54. The molecule has 5 heteroatoms. The van der Waals surface area contributed by atoms with Crippen LogP contribution in [0.1, 0.15) is 19.0 Å². The molecule has 0 aromatic carbocycles. The first kappa shape index (κ1) is 10.9. The average Bonchev–Trinajstić information content (AvgIpc) is 2.67. The summed E-state index contributed by atoms with van der Waals surface area (Å²) >= 11 is 0. The Bertz CT molecular complexity index is 415. The van der Waals surface area contributed by atoms with Crippen molar-refractivity contribution < 1.29 is 4.74 Å². The van der Waals surface area contributed by atoms with Gasteiger partial charge in [0.2, 0.25) is 0 Å². The van der Waals surface area contributed by atoms with Gasteiger partial charge in [-0.2, -0.15) is 5.10 Å². The van der Waals surface area contributed by atoms with E-state index >= 15 is 0 Å². The lowest BCUT2D eigenvalue weighted by Gasteiger charge is -2.41. The quantitative estimate of drug-likeness (QED) is 0.832. The molecule has 1 unspecified atom stereocenters. The highest BCUT2D eigenvalue weighted by atomic mass is 16.5. The van der Waals surface area contributed by atoms with Gasteiger partial charge >= 0.3 is 0 Å². The van der Waals surface area contributed by atoms with Gasteiger partial charge < -0.3 is 15.0 Å². The largest absolute Gasteiger partial charge is 0.378 e. The molecule has 0 saturated carbocycles. The van der Waals surface area contributed by atoms with Crippen molar-refractivity contribution in [2.45, 2.75) is 25.8 Å². The Morgan fingerprint density at radius 3 is 3.24 bits per heavy atom. The maximum atomic E-state index is 5.54. The van der Waals surface area contributed by atoms with Gasteiger partial charge in [0.1, 0.15) is 5.69 Å². The molecule has 1 aromatic heterocycles. The minimum atomic E-state index is 0.459. The normalized spacial score (nSPS) is 22.9. The Morgan fingerprint density at radius 2 is 2.41 bits per heavy atom. The minimum absolute atomic E-state index is 0.459. The van der Waals surface area contributed by atoms with Gasteiger partial charge in [-0.05, 0) is 6.42 Å². The van der Waals surface area contributed by atoms with Crippen molar-refractivity contribution in [2.24, 2.45) is 7.05 Å². The van der Waals surface area contributed by atoms with E-state index in [0.29, 0.717) is 6.04 Å². The van der Waals surface area contributed by atoms with Crippen LogP contribution in [0.4, 0.5) is 11.5 Å². The number of fused-ring (bicyclic) bond motifs is 3. The van der Waals surface area contributed by atoms with Gasteiger partial charge in [-0.15, -0.1) is 0 Å². The fourth-order valence-electron chi connectivity index (χ4n) is 2.81. The van der Waals surface area contributed by atoms with Crippen LogP contribution in [0, 0.1) is 0 Å². The first-order chi connectivity index (χ1) is 8.31. The summed E-state index contributed by atoms with van der Waals surface area (Å²) < 4.78 is 7.56. The summed E-state index contributed by atoms with van der Waals surface area (Å²) in [6.07, 6.45) is 2.18. The summed E-state index contributed by atoms with van der Waals surface area (Å²) in [5.41, 5.74) is 2.45. The summed E-state index contributed by atoms with van der Waals surface area (Å²) in [6, 6.07) is 0.459. The number of ether oxygens (including phenoxy) is 1. The Balaban J connectivity index is 1.98. The van der Waals surface area contributed by atoms with Crippen molar-refractivity contribution >= 4 is 11.5 Å². The second kappa shape index (κ2) is 4.22. The van der Waals surface area contributed by atoms with E-state index in [4.69, 9.17) is 4.74 Å². The topological polar surface area (TPSA) is 42.3 Å². The maximum Gasteiger partial charge on any atom is 0.151 e. The number of hydrogen-bond donors (Lipinski definition) is 1. The Hall–Kier alpha value is -1.23. The molecule has 2 aliphatic heterocycles. The fourth-order valence-corrected chi connectivity index (χ4v) is 2.81. The number of aryl methyl sites for hydroxylation is 2. The van der Waals surface area contributed by atoms with E-state index in [1.807, 2.05) is 11.7 Å². The van der Waals surface area contributed by atoms with Crippen LogP contribution in [0.3, 0.4) is 0 Å². The highest BCUT2D eigenvalue weighted by Gasteiger charge is 2.33. The third kappa shape index (κ3) is 1.69. The summed E-state index contributed by atoms with van der Waals surface area (Å²) in [7, 11) is 2.04. The Morgan fingerprint density at radius 1 is 1.53 bits per heavy atom. The van der Waals surface area contributed by atoms with Gasteiger partial charge in [-0.1, -0.05) is 13.3 Å². The number of hydrogen-bond acceptors (Lipinski definition) is 4. The van der Waals surface area contributed by atoms with Gasteiger partial charge in [-0.25, -0.2) is 0 Å². The lowest BCUT2D eigenvalue weighted by Crippen LogP contribution is -2.52. The van der Waals surface area contributed by atoms with Crippen LogP contribution in [-0.2, 0) is 18.2 Å². The zero-order valence-corrected chi connectivity index (χ0v) is 10.6. The molecule has 2 aliphatic rings. The second-order valence-electron chi connectivity index (χ2n) is 4.82. The van der Waals surface area contributed by atoms with E-state index in [-0.39, 0.29) is 0 Å². The highest BCUT2D eigenvalue weighted by Crippen LogP contribution is 2.35. The van der Waals surface area contributed by atoms with Crippen molar-refractivity contribution in [2.75, 3.05) is 36.5 Å². The predicted molar refractivity (Wildman–Crippen MR) is 67.6 cm³/mol. The van der Waals surface area contributed by atoms with Gasteiger partial charge in [0.25, 0.3) is 0 Å². The number of aromatic nitrogens is 2. The molecule has 1 fully saturated rings. The number of morpholine rings is 1. The lowest BCUT2D eigenvalue weighted by molar-refractivity contribution is 0.0956. The van der Waals surface area contributed by atoms with E-state index in [1.54, 1.807) is 0 Å². The molecule has 0 radical (unpaired) electrons. The average molecular weight is 236 g/mol. The molecule has 17 heavy (non-hydrogen) atoms. The Kier molecular flexibility index (Phi) is 2.70. The molecule has 1 aromatic rings. The monoisotopic (exact) mass is 236 g/mol. The van der Waals surface area contributed by atoms with Crippen molar-refractivity contribution in [1.82, 2.24) is 9.78 Å². The van der Waals surface area contributed by atoms with E-state index in [2.05, 4.69) is 22.2 Å². The molecule has 1 saturated heterocycles. The lowest BCUT2D eigenvalue weighted by atomic mass is 10.1. The first-order valence-corrected chi connectivity index (χ1v) is 6.45. The van der Waals surface area contributed by atoms with E-state index in [0.717, 1.165) is 39.1 Å². The van der Waals surface area contributed by atoms with Crippen LogP contribution in [0.5, 0.6) is 0 Å². The van der Waals surface area contributed by atoms with Crippen molar-refractivity contribution in [3.8, 4) is 0 Å². The van der Waals surface area contributed by atoms with Crippen molar-refractivity contribution in [3.63, 3.8) is 0 Å². The highest BCUT2D eigenvalue weighted by molar-refractivity contribution is 5.72. The summed E-state index contributed by atoms with van der Waals surface area (Å²) in [5, 5.41) is 8.18. The number of anilines is 2. The zero-order chi connectivity index (χ0) is 11.8. The number of nitrogens with one attached hydrogen (secondary N) is 1. The van der Waals surface area contributed by atoms with Crippen LogP contribution in [0.25, 0.3) is 0 Å². The molecule has 0 amide bonds. The molecular weight excluding hydrogens is 216 g/mol. The summed E-state index contributed by atoms with van der Waals surface area (Å²) in [6.45, 7) is 5.78. The fraction of sp³-hybridized carbons (Fsp3) is 0.750. The van der Waals surface area contributed by atoms with Crippen LogP contribution < -0.4 is 10.2 Å². The third-order valence-electron chi connectivity index (χ3n) is 3.59. The van der Waals surface area contributed by atoms with Gasteiger partial charge in [0, 0.05) is 20.1 Å². The standard InChI is InChI=1S/C12H20N4O/c1-3-4-10-11-12(15(2)14-10)16-5-6-17-8-9(16)7-13-11/h9,13H,3-8H2,1-2H3. The third-order valence-corrected chi connectivity index (χ3v) is 3.59. The molecule has 1 atom stereocenters. The molecule has 0 aliphatic carbocycles. The van der Waals surface area contributed by atoms with Crippen molar-refractivity contribution in [3.05, 3.63) is 5.69 Å². The molecule has 3 rings (SSSR count). The summed E-state index contributed by atoms with van der Waals surface area (Å²) in [4.78, 5) is 2.45. The molecule has 1 N–H and O–H groups in total. The van der Waals surface area contributed by atoms with Crippen LogP contribution >= 0.6 is 0 Å². The SMILES string of the molecule is CCCc1nn(C)c2c1NCC1COCCN21. The number of rotatable bonds is 2. The predicted octanol–water partition coefficient (Wildman–Crippen LogP) is 1.00. The molecular formula is C12H20N4O. The minimum Gasteiger partial charge on any atom is -0.378 e. The van der Waals surface area contributed by atoms with Crippen LogP contribution in [0.15, 0.2) is 0 Å². The van der Waals surface area contributed by atoms with E-state index in [9.17, 15) is 0 Å². The van der Waals surface area contributed by atoms with Crippen LogP contribution in [-0.4, -0.2) is 42.1 Å². The smallest absolute Gasteiger partial charge is 0.151 e. The van der Waals surface area contributed by atoms with Gasteiger partial charge in [0.15, 0.2) is 5.82 Å². The van der Waals surface area contributed by atoms with Crippen molar-refractivity contribution in [1.29, 1.82) is 0 Å². The van der Waals surface area contributed by atoms with E-state index < -0.39 is 0 Å². The molecule has 0 bridgehead atoms. The van der Waals surface area contributed by atoms with Crippen LogP contribution in [0.2, 0.25) is 0 Å². The summed E-state index contributed by atoms with van der Waals surface area (Å²) in [5.74, 6) is 1.24. The Labute approximate surface area is 102 Å². The zero-order valence-electron chi connectivity index (χ0n) is 10.6. The van der Waals surface area contributed by atoms with E-state index in [1.165, 1.54) is 17.2 Å². The van der Waals surface area contributed by atoms with Gasteiger partial charge in [0.05, 0.1) is 24.9 Å². The first-order valence-electron chi connectivity index (χ1n) is 6.45. The molecule has 0 spiro atoms. The van der Waals surface area contributed by atoms with Gasteiger partial charge in [-0.3, -0.25) is 4.68 Å².